The molecule has 0 aromatic heterocycles. The van der Waals surface area contributed by atoms with Gasteiger partial charge in [0, 0.05) is 6.42 Å². The number of amides is 3. The number of nitrogens with two attached hydrogens (primary N) is 1. The van der Waals surface area contributed by atoms with E-state index in [1.54, 1.807) is 20.8 Å². The van der Waals surface area contributed by atoms with Gasteiger partial charge in [0.1, 0.15) is 18.1 Å². The first-order valence-electron chi connectivity index (χ1n) is 13.0. The molecule has 3 amide bonds. The Labute approximate surface area is 224 Å². The molecule has 2 rings (SSSR count). The van der Waals surface area contributed by atoms with E-state index < -0.39 is 47.9 Å². The van der Waals surface area contributed by atoms with Gasteiger partial charge in [-0.25, -0.2) is 4.79 Å². The van der Waals surface area contributed by atoms with Crippen LogP contribution in [0.15, 0.2) is 60.7 Å². The van der Waals surface area contributed by atoms with E-state index in [-0.39, 0.29) is 18.3 Å². The number of aliphatic carboxylic acids is 1. The topological polar surface area (TPSA) is 151 Å². The molecule has 0 aliphatic rings. The van der Waals surface area contributed by atoms with Crippen LogP contribution in [-0.4, -0.2) is 53.0 Å². The molecule has 0 spiro atoms. The van der Waals surface area contributed by atoms with Gasteiger partial charge in [-0.05, 0) is 29.4 Å². The van der Waals surface area contributed by atoms with E-state index in [1.807, 2.05) is 67.6 Å². The van der Waals surface area contributed by atoms with E-state index in [4.69, 9.17) is 5.73 Å². The second-order valence-electron chi connectivity index (χ2n) is 9.99. The maximum Gasteiger partial charge on any atom is 0.326 e. The summed E-state index contributed by atoms with van der Waals surface area (Å²) in [7, 11) is 0. The van der Waals surface area contributed by atoms with Crippen molar-refractivity contribution < 1.29 is 24.3 Å². The first-order chi connectivity index (χ1) is 18.0. The molecule has 5 atom stereocenters. The highest BCUT2D eigenvalue weighted by Crippen LogP contribution is 2.12. The highest BCUT2D eigenvalue weighted by Gasteiger charge is 2.33. The highest BCUT2D eigenvalue weighted by molar-refractivity contribution is 5.94. The Hall–Kier alpha value is -3.72. The molecule has 0 aliphatic carbocycles. The fraction of sp³-hybridized carbons (Fsp3) is 0.448. The third kappa shape index (κ3) is 9.30. The minimum Gasteiger partial charge on any atom is -0.480 e. The van der Waals surface area contributed by atoms with Crippen molar-refractivity contribution in [3.63, 3.8) is 0 Å². The van der Waals surface area contributed by atoms with Crippen LogP contribution in [0.3, 0.4) is 0 Å². The van der Waals surface area contributed by atoms with Crippen LogP contribution >= 0.6 is 0 Å². The number of carbonyl (C=O) groups excluding carboxylic acids is 3. The van der Waals surface area contributed by atoms with Crippen molar-refractivity contribution in [3.8, 4) is 0 Å². The Kier molecular flexibility index (Phi) is 11.9. The van der Waals surface area contributed by atoms with Crippen LogP contribution in [0.25, 0.3) is 0 Å². The molecule has 2 aromatic carbocycles. The Morgan fingerprint density at radius 1 is 0.737 bits per heavy atom. The van der Waals surface area contributed by atoms with Gasteiger partial charge in [0.15, 0.2) is 0 Å². The molecule has 0 saturated carbocycles. The minimum atomic E-state index is -1.15. The summed E-state index contributed by atoms with van der Waals surface area (Å²) in [5.41, 5.74) is 7.87. The van der Waals surface area contributed by atoms with Gasteiger partial charge in [0.2, 0.25) is 17.7 Å². The van der Waals surface area contributed by atoms with E-state index in [1.165, 1.54) is 0 Å². The van der Waals surface area contributed by atoms with Gasteiger partial charge in [-0.3, -0.25) is 14.4 Å². The number of hydrogen-bond acceptors (Lipinski definition) is 5. The number of carbonyl (C=O) groups is 4. The Bertz CT molecular complexity index is 1060. The summed E-state index contributed by atoms with van der Waals surface area (Å²) in [5, 5.41) is 17.6. The van der Waals surface area contributed by atoms with E-state index >= 15 is 0 Å². The molecule has 0 fully saturated rings. The Morgan fingerprint density at radius 2 is 1.24 bits per heavy atom. The molecule has 5 unspecified atom stereocenters. The zero-order valence-corrected chi connectivity index (χ0v) is 22.5. The lowest BCUT2D eigenvalue weighted by Crippen LogP contribution is -2.59. The average Bonchev–Trinajstić information content (AvgIpc) is 2.89. The van der Waals surface area contributed by atoms with E-state index in [0.717, 1.165) is 11.1 Å². The summed E-state index contributed by atoms with van der Waals surface area (Å²) in [6.07, 6.45) is 1.06. The SMILES string of the molecule is CCC(C)C(NC(=O)C(Cc1ccccc1)NC(=O)C(N)Cc1ccccc1)C(=O)NC(C(=O)O)C(C)C. The van der Waals surface area contributed by atoms with Crippen LogP contribution in [0.1, 0.15) is 45.2 Å². The number of carboxylic acids is 1. The summed E-state index contributed by atoms with van der Waals surface area (Å²) in [6.45, 7) is 7.07. The smallest absolute Gasteiger partial charge is 0.326 e. The van der Waals surface area contributed by atoms with E-state index in [2.05, 4.69) is 16.0 Å². The lowest BCUT2D eigenvalue weighted by molar-refractivity contribution is -0.144. The molecule has 9 heteroatoms. The quantitative estimate of drug-likeness (QED) is 0.255. The van der Waals surface area contributed by atoms with Crippen molar-refractivity contribution in [2.24, 2.45) is 17.6 Å². The van der Waals surface area contributed by atoms with Crippen molar-refractivity contribution in [1.82, 2.24) is 16.0 Å². The van der Waals surface area contributed by atoms with Crippen LogP contribution in [0, 0.1) is 11.8 Å². The Balaban J connectivity index is 2.23. The fourth-order valence-electron chi connectivity index (χ4n) is 4.01. The maximum absolute atomic E-state index is 13.5. The Morgan fingerprint density at radius 3 is 1.71 bits per heavy atom. The van der Waals surface area contributed by atoms with E-state index in [0.29, 0.717) is 12.8 Å². The average molecular weight is 525 g/mol. The molecule has 0 saturated heterocycles. The molecule has 0 bridgehead atoms. The molecule has 38 heavy (non-hydrogen) atoms. The number of nitrogens with one attached hydrogen (secondary N) is 3. The molecule has 6 N–H and O–H groups in total. The predicted molar refractivity (Wildman–Crippen MR) is 146 cm³/mol. The van der Waals surface area contributed by atoms with Crippen LogP contribution in [0.4, 0.5) is 0 Å². The second kappa shape index (κ2) is 14.9. The predicted octanol–water partition coefficient (Wildman–Crippen LogP) is 2.04. The van der Waals surface area contributed by atoms with Gasteiger partial charge in [-0.1, -0.05) is 94.8 Å². The van der Waals surface area contributed by atoms with Crippen LogP contribution < -0.4 is 21.7 Å². The zero-order chi connectivity index (χ0) is 28.2. The molecule has 0 heterocycles. The normalized spacial score (nSPS) is 15.0. The first-order valence-corrected chi connectivity index (χ1v) is 13.0. The van der Waals surface area contributed by atoms with Gasteiger partial charge >= 0.3 is 5.97 Å². The van der Waals surface area contributed by atoms with Gasteiger partial charge in [0.25, 0.3) is 0 Å². The molecule has 0 radical (unpaired) electrons. The van der Waals surface area contributed by atoms with Crippen molar-refractivity contribution in [2.45, 2.75) is 71.1 Å². The number of benzene rings is 2. The molecule has 206 valence electrons. The van der Waals surface area contributed by atoms with Gasteiger partial charge in [-0.15, -0.1) is 0 Å². The summed E-state index contributed by atoms with van der Waals surface area (Å²) in [5.74, 6) is -3.40. The van der Waals surface area contributed by atoms with Crippen LogP contribution in [0.5, 0.6) is 0 Å². The monoisotopic (exact) mass is 524 g/mol. The van der Waals surface area contributed by atoms with Crippen LogP contribution in [0.2, 0.25) is 0 Å². The van der Waals surface area contributed by atoms with Gasteiger partial charge < -0.3 is 26.8 Å². The largest absolute Gasteiger partial charge is 0.480 e. The summed E-state index contributed by atoms with van der Waals surface area (Å²) < 4.78 is 0. The molecular weight excluding hydrogens is 484 g/mol. The third-order valence-corrected chi connectivity index (χ3v) is 6.57. The summed E-state index contributed by atoms with van der Waals surface area (Å²) >= 11 is 0. The van der Waals surface area contributed by atoms with Crippen molar-refractivity contribution >= 4 is 23.7 Å². The second-order valence-corrected chi connectivity index (χ2v) is 9.99. The number of carboxylic acid groups (broad SMARTS) is 1. The molecule has 2 aromatic rings. The lowest BCUT2D eigenvalue weighted by Gasteiger charge is -2.29. The molecular formula is C29H40N4O5. The number of hydrogen-bond donors (Lipinski definition) is 5. The molecule has 9 nitrogen and oxygen atoms in total. The van der Waals surface area contributed by atoms with Crippen molar-refractivity contribution in [2.75, 3.05) is 0 Å². The third-order valence-electron chi connectivity index (χ3n) is 6.57. The lowest BCUT2D eigenvalue weighted by atomic mass is 9.95. The fourth-order valence-corrected chi connectivity index (χ4v) is 4.01. The van der Waals surface area contributed by atoms with Gasteiger partial charge in [-0.2, -0.15) is 0 Å². The van der Waals surface area contributed by atoms with Crippen molar-refractivity contribution in [1.29, 1.82) is 0 Å². The number of rotatable bonds is 14. The maximum atomic E-state index is 13.5. The first kappa shape index (κ1) is 30.5. The standard InChI is InChI=1S/C29H40N4O5/c1-5-19(4)25(28(36)32-24(18(2)3)29(37)38)33-27(35)23(17-21-14-10-7-11-15-21)31-26(34)22(30)16-20-12-8-6-9-13-20/h6-15,18-19,22-25H,5,16-17,30H2,1-4H3,(H,31,34)(H,32,36)(H,33,35)(H,37,38). The van der Waals surface area contributed by atoms with Crippen LogP contribution in [-0.2, 0) is 32.0 Å². The van der Waals surface area contributed by atoms with E-state index in [9.17, 15) is 24.3 Å². The van der Waals surface area contributed by atoms with Gasteiger partial charge in [0.05, 0.1) is 6.04 Å². The zero-order valence-electron chi connectivity index (χ0n) is 22.5. The summed E-state index contributed by atoms with van der Waals surface area (Å²) in [6, 6.07) is 14.6. The highest BCUT2D eigenvalue weighted by atomic mass is 16.4. The summed E-state index contributed by atoms with van der Waals surface area (Å²) in [4.78, 5) is 51.2. The minimum absolute atomic E-state index is 0.190. The molecule has 0 aliphatic heterocycles. The van der Waals surface area contributed by atoms with Crippen molar-refractivity contribution in [3.05, 3.63) is 71.8 Å².